The molecular formula is C7H13NOS2. The van der Waals surface area contributed by atoms with Crippen LogP contribution >= 0.6 is 23.9 Å². The van der Waals surface area contributed by atoms with E-state index < -0.39 is 0 Å². The fraction of sp³-hybridized carbons (Fsp3) is 0.571. The first-order valence-corrected chi connectivity index (χ1v) is 5.37. The Morgan fingerprint density at radius 3 is 2.18 bits per heavy atom. The highest BCUT2D eigenvalue weighted by Crippen LogP contribution is 2.21. The molecule has 1 amide bonds. The van der Waals surface area contributed by atoms with E-state index in [2.05, 4.69) is 6.58 Å². The summed E-state index contributed by atoms with van der Waals surface area (Å²) in [6.07, 6.45) is 1.34. The van der Waals surface area contributed by atoms with Gasteiger partial charge in [-0.3, -0.25) is 4.79 Å². The molecule has 0 bridgehead atoms. The molecule has 64 valence electrons. The number of nitrogens with zero attached hydrogens (tertiary/aromatic N) is 1. The second-order valence-electron chi connectivity index (χ2n) is 1.64. The SMILES string of the molecule is C=CC(=O)N(SCC)SCC. The molecule has 11 heavy (non-hydrogen) atoms. The molecule has 0 aromatic rings. The average molecular weight is 191 g/mol. The van der Waals surface area contributed by atoms with E-state index in [1.807, 2.05) is 13.8 Å². The number of rotatable bonds is 5. The van der Waals surface area contributed by atoms with Crippen molar-refractivity contribution < 1.29 is 4.79 Å². The average Bonchev–Trinajstić information content (AvgIpc) is 2.03. The van der Waals surface area contributed by atoms with Gasteiger partial charge < -0.3 is 0 Å². The van der Waals surface area contributed by atoms with Crippen molar-refractivity contribution in [3.8, 4) is 0 Å². The molecule has 0 N–H and O–H groups in total. The summed E-state index contributed by atoms with van der Waals surface area (Å²) in [7, 11) is 0. The normalized spacial score (nSPS) is 9.27. The second kappa shape index (κ2) is 6.61. The molecule has 0 atom stereocenters. The molecule has 0 aliphatic heterocycles. The van der Waals surface area contributed by atoms with Crippen LogP contribution in [0.15, 0.2) is 12.7 Å². The smallest absolute Gasteiger partial charge is 0.266 e. The molecule has 0 spiro atoms. The highest BCUT2D eigenvalue weighted by atomic mass is 32.2. The van der Waals surface area contributed by atoms with Gasteiger partial charge in [0.15, 0.2) is 0 Å². The van der Waals surface area contributed by atoms with Gasteiger partial charge in [0, 0.05) is 11.5 Å². The lowest BCUT2D eigenvalue weighted by molar-refractivity contribution is -0.118. The summed E-state index contributed by atoms with van der Waals surface area (Å²) in [5, 5.41) is 0. The predicted octanol–water partition coefficient (Wildman–Crippen LogP) is 2.34. The monoisotopic (exact) mass is 191 g/mol. The lowest BCUT2D eigenvalue weighted by Crippen LogP contribution is -2.14. The van der Waals surface area contributed by atoms with Crippen LogP contribution in [0.2, 0.25) is 0 Å². The van der Waals surface area contributed by atoms with Gasteiger partial charge in [-0.2, -0.15) is 0 Å². The fourth-order valence-corrected chi connectivity index (χ4v) is 2.28. The maximum absolute atomic E-state index is 11.1. The van der Waals surface area contributed by atoms with Gasteiger partial charge in [-0.15, -0.1) is 0 Å². The highest BCUT2D eigenvalue weighted by molar-refractivity contribution is 8.12. The maximum atomic E-state index is 11.1. The molecule has 0 saturated carbocycles. The van der Waals surface area contributed by atoms with Crippen molar-refractivity contribution in [3.63, 3.8) is 0 Å². The van der Waals surface area contributed by atoms with E-state index in [0.717, 1.165) is 11.5 Å². The first kappa shape index (κ1) is 10.9. The molecule has 0 aliphatic carbocycles. The van der Waals surface area contributed by atoms with E-state index in [1.165, 1.54) is 30.0 Å². The summed E-state index contributed by atoms with van der Waals surface area (Å²) >= 11 is 3.02. The number of hydrogen-bond donors (Lipinski definition) is 0. The lowest BCUT2D eigenvalue weighted by Gasteiger charge is -2.15. The zero-order chi connectivity index (χ0) is 8.69. The minimum absolute atomic E-state index is 0.0244. The van der Waals surface area contributed by atoms with Crippen molar-refractivity contribution in [1.29, 1.82) is 0 Å². The van der Waals surface area contributed by atoms with Crippen LogP contribution in [0.5, 0.6) is 0 Å². The molecule has 0 aliphatic rings. The third kappa shape index (κ3) is 4.37. The minimum atomic E-state index is -0.0244. The molecule has 4 heteroatoms. The van der Waals surface area contributed by atoms with Crippen LogP contribution < -0.4 is 0 Å². The molecule has 2 nitrogen and oxygen atoms in total. The molecule has 0 radical (unpaired) electrons. The molecule has 0 unspecified atom stereocenters. The third-order valence-corrected chi connectivity index (χ3v) is 2.83. The van der Waals surface area contributed by atoms with Gasteiger partial charge in [0.2, 0.25) is 0 Å². The summed E-state index contributed by atoms with van der Waals surface area (Å²) in [5.41, 5.74) is 0. The van der Waals surface area contributed by atoms with Gasteiger partial charge in [0.1, 0.15) is 0 Å². The Kier molecular flexibility index (Phi) is 6.56. The van der Waals surface area contributed by atoms with E-state index in [4.69, 9.17) is 0 Å². The van der Waals surface area contributed by atoms with Crippen molar-refractivity contribution >= 4 is 29.8 Å². The molecule has 0 aromatic carbocycles. The third-order valence-electron chi connectivity index (χ3n) is 0.847. The number of hydrogen-bond acceptors (Lipinski definition) is 3. The van der Waals surface area contributed by atoms with Crippen molar-refractivity contribution in [2.75, 3.05) is 11.5 Å². The van der Waals surface area contributed by atoms with Crippen LogP contribution in [-0.2, 0) is 4.79 Å². The Labute approximate surface area is 76.7 Å². The highest BCUT2D eigenvalue weighted by Gasteiger charge is 2.08. The first-order valence-electron chi connectivity index (χ1n) is 3.48. The Bertz CT molecular complexity index is 132. The molecule has 0 heterocycles. The van der Waals surface area contributed by atoms with Crippen molar-refractivity contribution in [3.05, 3.63) is 12.7 Å². The second-order valence-corrected chi connectivity index (χ2v) is 4.27. The number of carbonyl (C=O) groups excluding carboxylic acids is 1. The van der Waals surface area contributed by atoms with Gasteiger partial charge in [-0.05, 0) is 30.0 Å². The summed E-state index contributed by atoms with van der Waals surface area (Å²) in [5.74, 6) is 1.79. The van der Waals surface area contributed by atoms with E-state index >= 15 is 0 Å². The lowest BCUT2D eigenvalue weighted by atomic mass is 10.6. The Balaban J connectivity index is 3.86. The summed E-state index contributed by atoms with van der Waals surface area (Å²) in [4.78, 5) is 11.1. The molecule has 0 rings (SSSR count). The molecular weight excluding hydrogens is 178 g/mol. The largest absolute Gasteiger partial charge is 0.268 e. The van der Waals surface area contributed by atoms with Gasteiger partial charge in [-0.1, -0.05) is 20.4 Å². The molecule has 0 aromatic heterocycles. The van der Waals surface area contributed by atoms with Gasteiger partial charge in [0.05, 0.1) is 0 Å². The van der Waals surface area contributed by atoms with E-state index in [1.54, 1.807) is 3.71 Å². The van der Waals surface area contributed by atoms with Crippen LogP contribution in [0.4, 0.5) is 0 Å². The Morgan fingerprint density at radius 1 is 1.45 bits per heavy atom. The van der Waals surface area contributed by atoms with Crippen LogP contribution in [0.25, 0.3) is 0 Å². The van der Waals surface area contributed by atoms with Gasteiger partial charge >= 0.3 is 0 Å². The number of amides is 1. The maximum Gasteiger partial charge on any atom is 0.266 e. The van der Waals surface area contributed by atoms with Gasteiger partial charge in [0.25, 0.3) is 5.91 Å². The fourth-order valence-electron chi connectivity index (χ4n) is 0.474. The van der Waals surface area contributed by atoms with Gasteiger partial charge in [-0.25, -0.2) is 3.71 Å². The van der Waals surface area contributed by atoms with Crippen molar-refractivity contribution in [2.24, 2.45) is 0 Å². The van der Waals surface area contributed by atoms with Crippen LogP contribution in [0.3, 0.4) is 0 Å². The minimum Gasteiger partial charge on any atom is -0.268 e. The van der Waals surface area contributed by atoms with Crippen molar-refractivity contribution in [1.82, 2.24) is 3.71 Å². The van der Waals surface area contributed by atoms with Crippen molar-refractivity contribution in [2.45, 2.75) is 13.8 Å². The van der Waals surface area contributed by atoms with E-state index in [-0.39, 0.29) is 5.91 Å². The quantitative estimate of drug-likeness (QED) is 0.491. The van der Waals surface area contributed by atoms with Crippen LogP contribution in [0, 0.1) is 0 Å². The summed E-state index contributed by atoms with van der Waals surface area (Å²) in [6, 6.07) is 0. The molecule has 0 saturated heterocycles. The van der Waals surface area contributed by atoms with E-state index in [0.29, 0.717) is 0 Å². The predicted molar refractivity (Wildman–Crippen MR) is 53.3 cm³/mol. The van der Waals surface area contributed by atoms with Crippen LogP contribution in [-0.4, -0.2) is 21.1 Å². The van der Waals surface area contributed by atoms with Crippen LogP contribution in [0.1, 0.15) is 13.8 Å². The topological polar surface area (TPSA) is 20.3 Å². The summed E-state index contributed by atoms with van der Waals surface area (Å²) in [6.45, 7) is 7.46. The Hall–Kier alpha value is -0.0900. The number of carbonyl (C=O) groups is 1. The zero-order valence-electron chi connectivity index (χ0n) is 6.87. The first-order chi connectivity index (χ1) is 5.26. The molecule has 0 fully saturated rings. The Morgan fingerprint density at radius 2 is 1.91 bits per heavy atom. The standard InChI is InChI=1S/C7H13NOS2/c1-4-7(9)8(10-5-2)11-6-3/h4H,1,5-6H2,2-3H3. The summed E-state index contributed by atoms with van der Waals surface area (Å²) < 4.78 is 1.66. The zero-order valence-corrected chi connectivity index (χ0v) is 8.50. The van der Waals surface area contributed by atoms with E-state index in [9.17, 15) is 4.79 Å².